The van der Waals surface area contributed by atoms with E-state index >= 15 is 0 Å². The van der Waals surface area contributed by atoms with Crippen LogP contribution in [0.2, 0.25) is 0 Å². The summed E-state index contributed by atoms with van der Waals surface area (Å²) in [7, 11) is 0. The molecule has 4 aromatic rings. The van der Waals surface area contributed by atoms with Crippen LogP contribution in [0.15, 0.2) is 77.4 Å². The Balaban J connectivity index is 1.71. The van der Waals surface area contributed by atoms with Crippen molar-refractivity contribution >= 4 is 38.9 Å². The third-order valence-electron chi connectivity index (χ3n) is 6.65. The van der Waals surface area contributed by atoms with Crippen molar-refractivity contribution < 1.29 is 0 Å². The highest BCUT2D eigenvalue weighted by molar-refractivity contribution is 9.10. The van der Waals surface area contributed by atoms with Crippen LogP contribution in [0.1, 0.15) is 45.9 Å². The lowest BCUT2D eigenvalue weighted by molar-refractivity contribution is 0.565. The first-order valence-electron chi connectivity index (χ1n) is 11.4. The Morgan fingerprint density at radius 2 is 1.62 bits per heavy atom. The molecule has 0 radical (unpaired) electrons. The SMILES string of the molecule is Cc1cccc(C)c1-n1c(C)cc([C@@H]2[C@@H](c3ccccn3)NC(=S)N2c2ccc(Br)cc2)c1C. The zero-order valence-corrected chi connectivity index (χ0v) is 22.1. The maximum atomic E-state index is 5.90. The zero-order valence-electron chi connectivity index (χ0n) is 19.7. The molecular weight excluding hydrogens is 504 g/mol. The summed E-state index contributed by atoms with van der Waals surface area (Å²) in [5.74, 6) is 0. The number of para-hydroxylation sites is 1. The van der Waals surface area contributed by atoms with E-state index in [4.69, 9.17) is 17.2 Å². The molecule has 34 heavy (non-hydrogen) atoms. The molecule has 0 unspecified atom stereocenters. The number of rotatable bonds is 4. The summed E-state index contributed by atoms with van der Waals surface area (Å²) in [6.45, 7) is 8.75. The smallest absolute Gasteiger partial charge is 0.174 e. The molecule has 0 aliphatic carbocycles. The van der Waals surface area contributed by atoms with Crippen LogP contribution in [0.4, 0.5) is 5.69 Å². The Morgan fingerprint density at radius 1 is 0.912 bits per heavy atom. The van der Waals surface area contributed by atoms with Gasteiger partial charge < -0.3 is 14.8 Å². The van der Waals surface area contributed by atoms with Crippen LogP contribution in [-0.4, -0.2) is 14.7 Å². The van der Waals surface area contributed by atoms with Crippen molar-refractivity contribution in [1.29, 1.82) is 0 Å². The van der Waals surface area contributed by atoms with Crippen LogP contribution in [0, 0.1) is 27.7 Å². The molecule has 1 aliphatic rings. The summed E-state index contributed by atoms with van der Waals surface area (Å²) in [5, 5.41) is 4.28. The number of halogens is 1. The van der Waals surface area contributed by atoms with Gasteiger partial charge in [-0.2, -0.15) is 0 Å². The first-order chi connectivity index (χ1) is 16.4. The van der Waals surface area contributed by atoms with Gasteiger partial charge in [0.2, 0.25) is 0 Å². The summed E-state index contributed by atoms with van der Waals surface area (Å²) in [6, 6.07) is 23.1. The average Bonchev–Trinajstić information content (AvgIpc) is 3.31. The Labute approximate surface area is 214 Å². The minimum Gasteiger partial charge on any atom is -0.351 e. The number of anilines is 1. The lowest BCUT2D eigenvalue weighted by atomic mass is 9.96. The molecule has 172 valence electrons. The molecule has 4 nitrogen and oxygen atoms in total. The molecule has 1 aliphatic heterocycles. The Kier molecular flexibility index (Phi) is 6.04. The molecule has 0 amide bonds. The van der Waals surface area contributed by atoms with E-state index in [1.54, 1.807) is 0 Å². The standard InChI is InChI=1S/C28H27BrN4S/c1-17-8-7-9-18(2)26(17)32-19(3)16-23(20(32)4)27-25(24-10-5-6-15-30-24)31-28(34)33(27)22-13-11-21(29)12-14-22/h5-16,25,27H,1-4H3,(H,31,34)/t25-,27-/m1/s1. The Morgan fingerprint density at radius 3 is 2.26 bits per heavy atom. The molecule has 6 heteroatoms. The van der Waals surface area contributed by atoms with Gasteiger partial charge in [0.05, 0.1) is 23.5 Å². The van der Waals surface area contributed by atoms with Gasteiger partial charge in [0.25, 0.3) is 0 Å². The van der Waals surface area contributed by atoms with Crippen LogP contribution in [0.25, 0.3) is 5.69 Å². The van der Waals surface area contributed by atoms with Crippen LogP contribution < -0.4 is 10.2 Å². The lowest BCUT2D eigenvalue weighted by Gasteiger charge is -2.28. The summed E-state index contributed by atoms with van der Waals surface area (Å²) >= 11 is 9.46. The van der Waals surface area contributed by atoms with Crippen molar-refractivity contribution in [2.75, 3.05) is 4.90 Å². The van der Waals surface area contributed by atoms with E-state index in [1.807, 2.05) is 18.3 Å². The Bertz CT molecular complexity index is 1340. The normalized spacial score (nSPS) is 17.8. The largest absolute Gasteiger partial charge is 0.351 e. The molecule has 2 aromatic carbocycles. The van der Waals surface area contributed by atoms with Crippen LogP contribution >= 0.6 is 28.1 Å². The van der Waals surface area contributed by atoms with E-state index in [1.165, 1.54) is 33.8 Å². The summed E-state index contributed by atoms with van der Waals surface area (Å²) in [6.07, 6.45) is 1.85. The summed E-state index contributed by atoms with van der Waals surface area (Å²) in [4.78, 5) is 6.93. The van der Waals surface area contributed by atoms with Gasteiger partial charge in [-0.1, -0.05) is 40.2 Å². The van der Waals surface area contributed by atoms with Crippen molar-refractivity contribution in [1.82, 2.24) is 14.9 Å². The maximum absolute atomic E-state index is 5.90. The van der Waals surface area contributed by atoms with Crippen molar-refractivity contribution in [2.45, 2.75) is 39.8 Å². The quantitative estimate of drug-likeness (QED) is 0.286. The van der Waals surface area contributed by atoms with Gasteiger partial charge in [0.15, 0.2) is 5.11 Å². The van der Waals surface area contributed by atoms with Gasteiger partial charge in [0, 0.05) is 27.7 Å². The second-order valence-corrected chi connectivity index (χ2v) is 10.2. The van der Waals surface area contributed by atoms with Crippen molar-refractivity contribution in [2.24, 2.45) is 0 Å². The second-order valence-electron chi connectivity index (χ2n) is 8.88. The molecule has 3 heterocycles. The number of thiocarbonyl (C=S) groups is 1. The topological polar surface area (TPSA) is 33.1 Å². The van der Waals surface area contributed by atoms with Gasteiger partial charge in [-0.05, 0) is 99.1 Å². The summed E-state index contributed by atoms with van der Waals surface area (Å²) < 4.78 is 3.43. The molecule has 0 spiro atoms. The fourth-order valence-electron chi connectivity index (χ4n) is 5.14. The number of nitrogens with one attached hydrogen (secondary N) is 1. The molecule has 0 saturated carbocycles. The fraction of sp³-hybridized carbons (Fsp3) is 0.214. The van der Waals surface area contributed by atoms with E-state index in [2.05, 4.69) is 113 Å². The molecular formula is C28H27BrN4S. The van der Waals surface area contributed by atoms with Gasteiger partial charge in [-0.25, -0.2) is 0 Å². The fourth-order valence-corrected chi connectivity index (χ4v) is 5.75. The average molecular weight is 532 g/mol. The molecule has 0 bridgehead atoms. The highest BCUT2D eigenvalue weighted by Crippen LogP contribution is 2.44. The van der Waals surface area contributed by atoms with Crippen molar-refractivity contribution in [3.8, 4) is 5.69 Å². The zero-order chi connectivity index (χ0) is 24.0. The predicted octanol–water partition coefficient (Wildman–Crippen LogP) is 7.05. The van der Waals surface area contributed by atoms with Gasteiger partial charge in [-0.3, -0.25) is 4.98 Å². The second kappa shape index (κ2) is 9.01. The third-order valence-corrected chi connectivity index (χ3v) is 7.50. The first-order valence-corrected chi connectivity index (χ1v) is 12.6. The highest BCUT2D eigenvalue weighted by atomic mass is 79.9. The molecule has 2 aromatic heterocycles. The number of hydrogen-bond donors (Lipinski definition) is 1. The summed E-state index contributed by atoms with van der Waals surface area (Å²) in [5.41, 5.74) is 9.48. The number of nitrogens with zero attached hydrogens (tertiary/aromatic N) is 3. The molecule has 1 N–H and O–H groups in total. The van der Waals surface area contributed by atoms with E-state index in [9.17, 15) is 0 Å². The van der Waals surface area contributed by atoms with E-state index in [-0.39, 0.29) is 12.1 Å². The van der Waals surface area contributed by atoms with Crippen molar-refractivity contribution in [3.63, 3.8) is 0 Å². The van der Waals surface area contributed by atoms with Crippen LogP contribution in [-0.2, 0) is 0 Å². The number of pyridine rings is 1. The molecule has 5 rings (SSSR count). The Hall–Kier alpha value is -2.96. The minimum atomic E-state index is -0.0655. The maximum Gasteiger partial charge on any atom is 0.174 e. The number of benzene rings is 2. The van der Waals surface area contributed by atoms with Crippen LogP contribution in [0.3, 0.4) is 0 Å². The number of hydrogen-bond acceptors (Lipinski definition) is 2. The minimum absolute atomic E-state index is 0.0344. The molecule has 1 fully saturated rings. The predicted molar refractivity (Wildman–Crippen MR) is 147 cm³/mol. The van der Waals surface area contributed by atoms with Gasteiger partial charge >= 0.3 is 0 Å². The third kappa shape index (κ3) is 3.85. The number of aryl methyl sites for hydroxylation is 3. The van der Waals surface area contributed by atoms with E-state index < -0.39 is 0 Å². The number of aromatic nitrogens is 2. The first kappa shape index (κ1) is 22.8. The van der Waals surface area contributed by atoms with Crippen molar-refractivity contribution in [3.05, 3.63) is 111 Å². The van der Waals surface area contributed by atoms with E-state index in [0.29, 0.717) is 5.11 Å². The highest BCUT2D eigenvalue weighted by Gasteiger charge is 2.42. The molecule has 2 atom stereocenters. The molecule has 1 saturated heterocycles. The van der Waals surface area contributed by atoms with Gasteiger partial charge in [0.1, 0.15) is 0 Å². The van der Waals surface area contributed by atoms with Crippen LogP contribution in [0.5, 0.6) is 0 Å². The van der Waals surface area contributed by atoms with Gasteiger partial charge in [-0.15, -0.1) is 0 Å². The lowest BCUT2D eigenvalue weighted by Crippen LogP contribution is -2.29. The van der Waals surface area contributed by atoms with E-state index in [0.717, 1.165) is 15.9 Å². The monoisotopic (exact) mass is 530 g/mol.